The largest absolute Gasteiger partial charge is 0.391 e. The Morgan fingerprint density at radius 1 is 1.25 bits per heavy atom. The Morgan fingerprint density at radius 2 is 1.90 bits per heavy atom. The van der Waals surface area contributed by atoms with E-state index in [1.807, 2.05) is 0 Å². The summed E-state index contributed by atoms with van der Waals surface area (Å²) in [7, 11) is -1.02. The number of nitrogens with one attached hydrogen (secondary N) is 2. The second-order valence-corrected chi connectivity index (χ2v) is 6.41. The lowest BCUT2D eigenvalue weighted by Crippen LogP contribution is -2.46. The first-order chi connectivity index (χ1) is 9.56. The van der Waals surface area contributed by atoms with E-state index in [0.29, 0.717) is 5.69 Å². The molecule has 0 spiro atoms. The Balaban J connectivity index is 1.89. The van der Waals surface area contributed by atoms with Gasteiger partial charge in [-0.15, -0.1) is 0 Å². The van der Waals surface area contributed by atoms with Crippen LogP contribution >= 0.6 is 0 Å². The molecule has 2 amide bonds. The molecule has 0 bridgehead atoms. The zero-order valence-corrected chi connectivity index (χ0v) is 12.3. The monoisotopic (exact) mass is 296 g/mol. The molecular formula is C14H20N2O3S. The molecule has 6 heteroatoms. The number of rotatable bonds is 3. The molecule has 3 N–H and O–H groups in total. The molecule has 0 radical (unpaired) electrons. The summed E-state index contributed by atoms with van der Waals surface area (Å²) >= 11 is 0. The molecule has 3 unspecified atom stereocenters. The number of anilines is 1. The Kier molecular flexibility index (Phi) is 5.14. The van der Waals surface area contributed by atoms with Crippen LogP contribution in [0.4, 0.5) is 10.5 Å². The van der Waals surface area contributed by atoms with Crippen molar-refractivity contribution in [1.82, 2.24) is 5.32 Å². The fraction of sp³-hybridized carbons (Fsp3) is 0.500. The number of hydrogen-bond donors (Lipinski definition) is 3. The molecule has 110 valence electrons. The van der Waals surface area contributed by atoms with Crippen LogP contribution in [0.1, 0.15) is 25.7 Å². The zero-order chi connectivity index (χ0) is 14.5. The summed E-state index contributed by atoms with van der Waals surface area (Å²) in [6.07, 6.45) is 4.74. The molecule has 1 aliphatic rings. The average molecular weight is 296 g/mol. The van der Waals surface area contributed by atoms with Gasteiger partial charge in [0, 0.05) is 27.6 Å². The summed E-state index contributed by atoms with van der Waals surface area (Å²) in [4.78, 5) is 12.6. The Hall–Kier alpha value is -1.40. The second-order valence-electron chi connectivity index (χ2n) is 5.04. The van der Waals surface area contributed by atoms with E-state index in [4.69, 9.17) is 0 Å². The van der Waals surface area contributed by atoms with Crippen LogP contribution in [0.3, 0.4) is 0 Å². The fourth-order valence-electron chi connectivity index (χ4n) is 2.35. The molecule has 0 saturated heterocycles. The van der Waals surface area contributed by atoms with Crippen molar-refractivity contribution in [1.29, 1.82) is 0 Å². The molecule has 0 aliphatic heterocycles. The van der Waals surface area contributed by atoms with Gasteiger partial charge >= 0.3 is 6.03 Å². The third-order valence-corrected chi connectivity index (χ3v) is 4.43. The minimum absolute atomic E-state index is 0.175. The molecule has 1 saturated carbocycles. The molecule has 5 nitrogen and oxygen atoms in total. The van der Waals surface area contributed by atoms with E-state index >= 15 is 0 Å². The predicted molar refractivity (Wildman–Crippen MR) is 79.2 cm³/mol. The number of urea groups is 1. The van der Waals surface area contributed by atoms with Gasteiger partial charge < -0.3 is 15.7 Å². The first-order valence-corrected chi connectivity index (χ1v) is 8.31. The first kappa shape index (κ1) is 15.0. The number of benzene rings is 1. The predicted octanol–water partition coefficient (Wildman–Crippen LogP) is 1.85. The summed E-state index contributed by atoms with van der Waals surface area (Å²) < 4.78 is 11.3. The maximum absolute atomic E-state index is 11.9. The fourth-order valence-corrected chi connectivity index (χ4v) is 2.86. The number of carbonyl (C=O) groups excluding carboxylic acids is 1. The maximum Gasteiger partial charge on any atom is 0.319 e. The van der Waals surface area contributed by atoms with Crippen molar-refractivity contribution >= 4 is 22.5 Å². The van der Waals surface area contributed by atoms with Crippen molar-refractivity contribution in [2.45, 2.75) is 42.7 Å². The molecule has 2 rings (SSSR count). The lowest BCUT2D eigenvalue weighted by atomic mass is 9.93. The van der Waals surface area contributed by atoms with Gasteiger partial charge in [0.1, 0.15) is 0 Å². The van der Waals surface area contributed by atoms with E-state index in [2.05, 4.69) is 10.6 Å². The molecule has 3 atom stereocenters. The SMILES string of the molecule is CS(=O)c1ccc(NC(=O)NC2CCCCC2O)cc1. The van der Waals surface area contributed by atoms with Crippen LogP contribution in [-0.4, -0.2) is 33.7 Å². The zero-order valence-electron chi connectivity index (χ0n) is 11.5. The quantitative estimate of drug-likeness (QED) is 0.796. The number of aliphatic hydroxyl groups excluding tert-OH is 1. The standard InChI is InChI=1S/C14H20N2O3S/c1-20(19)11-8-6-10(7-9-11)15-14(18)16-12-4-2-3-5-13(12)17/h6-9,12-13,17H,2-5H2,1H3,(H2,15,16,18). The van der Waals surface area contributed by atoms with Crippen LogP contribution in [0.15, 0.2) is 29.2 Å². The maximum atomic E-state index is 11.9. The number of aliphatic hydroxyl groups is 1. The highest BCUT2D eigenvalue weighted by molar-refractivity contribution is 7.84. The summed E-state index contributed by atoms with van der Waals surface area (Å²) in [5, 5.41) is 15.3. The lowest BCUT2D eigenvalue weighted by molar-refractivity contribution is 0.0955. The van der Waals surface area contributed by atoms with Gasteiger partial charge in [0.05, 0.1) is 12.1 Å². The molecule has 20 heavy (non-hydrogen) atoms. The van der Waals surface area contributed by atoms with E-state index in [-0.39, 0.29) is 12.1 Å². The molecule has 1 aromatic rings. The minimum Gasteiger partial charge on any atom is -0.391 e. The van der Waals surface area contributed by atoms with Gasteiger partial charge in [-0.1, -0.05) is 12.8 Å². The van der Waals surface area contributed by atoms with Crippen molar-refractivity contribution in [3.63, 3.8) is 0 Å². The first-order valence-electron chi connectivity index (χ1n) is 6.75. The highest BCUT2D eigenvalue weighted by Crippen LogP contribution is 2.18. The topological polar surface area (TPSA) is 78.4 Å². The average Bonchev–Trinajstić information content (AvgIpc) is 2.42. The van der Waals surface area contributed by atoms with Crippen molar-refractivity contribution in [2.24, 2.45) is 0 Å². The summed E-state index contributed by atoms with van der Waals surface area (Å²) in [5.41, 5.74) is 0.641. The van der Waals surface area contributed by atoms with Crippen LogP contribution in [0.25, 0.3) is 0 Å². The van der Waals surface area contributed by atoms with Crippen molar-refractivity contribution in [2.75, 3.05) is 11.6 Å². The molecular weight excluding hydrogens is 276 g/mol. The van der Waals surface area contributed by atoms with Crippen LogP contribution < -0.4 is 10.6 Å². The van der Waals surface area contributed by atoms with E-state index in [9.17, 15) is 14.1 Å². The number of carbonyl (C=O) groups is 1. The van der Waals surface area contributed by atoms with E-state index in [1.54, 1.807) is 30.5 Å². The normalized spacial score (nSPS) is 23.9. The van der Waals surface area contributed by atoms with Gasteiger partial charge in [0.2, 0.25) is 0 Å². The minimum atomic E-state index is -1.02. The Morgan fingerprint density at radius 3 is 2.50 bits per heavy atom. The van der Waals surface area contributed by atoms with Gasteiger partial charge in [-0.05, 0) is 37.1 Å². The van der Waals surface area contributed by atoms with E-state index in [0.717, 1.165) is 30.6 Å². The highest BCUT2D eigenvalue weighted by Gasteiger charge is 2.24. The Labute approximate surface area is 121 Å². The van der Waals surface area contributed by atoms with Gasteiger partial charge in [0.25, 0.3) is 0 Å². The molecule has 0 aromatic heterocycles. The van der Waals surface area contributed by atoms with E-state index < -0.39 is 16.9 Å². The lowest BCUT2D eigenvalue weighted by Gasteiger charge is -2.28. The summed E-state index contributed by atoms with van der Waals surface area (Å²) in [6, 6.07) is 6.39. The smallest absolute Gasteiger partial charge is 0.319 e. The van der Waals surface area contributed by atoms with Gasteiger partial charge in [-0.25, -0.2) is 4.79 Å². The molecule has 1 fully saturated rings. The Bertz CT molecular complexity index is 490. The van der Waals surface area contributed by atoms with Crippen LogP contribution in [0, 0.1) is 0 Å². The van der Waals surface area contributed by atoms with Crippen LogP contribution in [-0.2, 0) is 10.8 Å². The summed E-state index contributed by atoms with van der Waals surface area (Å²) in [5.74, 6) is 0. The van der Waals surface area contributed by atoms with Crippen molar-refractivity contribution in [3.05, 3.63) is 24.3 Å². The van der Waals surface area contributed by atoms with Crippen LogP contribution in [0.5, 0.6) is 0 Å². The van der Waals surface area contributed by atoms with Crippen molar-refractivity contribution < 1.29 is 14.1 Å². The van der Waals surface area contributed by atoms with Crippen LogP contribution in [0.2, 0.25) is 0 Å². The van der Waals surface area contributed by atoms with E-state index in [1.165, 1.54) is 0 Å². The van der Waals surface area contributed by atoms with Gasteiger partial charge in [-0.2, -0.15) is 0 Å². The summed E-state index contributed by atoms with van der Waals surface area (Å²) in [6.45, 7) is 0. The number of amides is 2. The van der Waals surface area contributed by atoms with Gasteiger partial charge in [-0.3, -0.25) is 4.21 Å². The molecule has 0 heterocycles. The highest BCUT2D eigenvalue weighted by atomic mass is 32.2. The third kappa shape index (κ3) is 4.05. The van der Waals surface area contributed by atoms with Gasteiger partial charge in [0.15, 0.2) is 0 Å². The molecule has 1 aliphatic carbocycles. The third-order valence-electron chi connectivity index (χ3n) is 3.49. The second kappa shape index (κ2) is 6.85. The number of hydrogen-bond acceptors (Lipinski definition) is 3. The molecule has 1 aromatic carbocycles. The van der Waals surface area contributed by atoms with Crippen molar-refractivity contribution in [3.8, 4) is 0 Å².